The lowest BCUT2D eigenvalue weighted by Crippen LogP contribution is -1.89. The summed E-state index contributed by atoms with van der Waals surface area (Å²) < 4.78 is 1.17. The van der Waals surface area contributed by atoms with Gasteiger partial charge in [-0.1, -0.05) is 6.07 Å². The van der Waals surface area contributed by atoms with E-state index < -0.39 is 6.10 Å². The molecule has 2 rings (SSSR count). The number of aliphatic hydroxyl groups excluding tert-OH is 1. The third-order valence-corrected chi connectivity index (χ3v) is 2.65. The van der Waals surface area contributed by atoms with E-state index in [2.05, 4.69) is 4.98 Å². The zero-order valence-corrected chi connectivity index (χ0v) is 7.51. The van der Waals surface area contributed by atoms with Gasteiger partial charge in [0.15, 0.2) is 0 Å². The predicted molar refractivity (Wildman–Crippen MR) is 50.3 cm³/mol. The maximum absolute atomic E-state index is 9.30. The molecule has 1 aromatic heterocycles. The Hall–Kier alpha value is -0.930. The molecule has 0 aliphatic carbocycles. The molecule has 0 amide bonds. The normalized spacial score (nSPS) is 13.5. The van der Waals surface area contributed by atoms with E-state index in [0.717, 1.165) is 11.1 Å². The molecule has 1 N–H and O–H groups in total. The number of nitrogens with zero attached hydrogens (tertiary/aromatic N) is 1. The summed E-state index contributed by atoms with van der Waals surface area (Å²) in [5.41, 5.74) is 3.71. The highest BCUT2D eigenvalue weighted by Crippen LogP contribution is 2.21. The minimum Gasteiger partial charge on any atom is -0.389 e. The van der Waals surface area contributed by atoms with E-state index in [1.54, 1.807) is 18.3 Å². The molecule has 12 heavy (non-hydrogen) atoms. The Labute approximate surface area is 74.5 Å². The third kappa shape index (κ3) is 1.21. The van der Waals surface area contributed by atoms with Gasteiger partial charge in [-0.15, -0.1) is 11.3 Å². The number of fused-ring (bicyclic) bond motifs is 1. The van der Waals surface area contributed by atoms with Crippen LogP contribution in [0.4, 0.5) is 0 Å². The van der Waals surface area contributed by atoms with Gasteiger partial charge in [0.25, 0.3) is 0 Å². The summed E-state index contributed by atoms with van der Waals surface area (Å²) in [5, 5.41) is 9.30. The second-order valence-corrected chi connectivity index (χ2v) is 3.64. The number of benzene rings is 1. The van der Waals surface area contributed by atoms with Crippen LogP contribution in [0.1, 0.15) is 18.6 Å². The number of rotatable bonds is 1. The number of aromatic nitrogens is 1. The highest BCUT2D eigenvalue weighted by molar-refractivity contribution is 7.16. The van der Waals surface area contributed by atoms with Crippen molar-refractivity contribution in [3.05, 3.63) is 29.3 Å². The van der Waals surface area contributed by atoms with E-state index in [9.17, 15) is 5.11 Å². The van der Waals surface area contributed by atoms with Gasteiger partial charge in [-0.05, 0) is 24.6 Å². The van der Waals surface area contributed by atoms with Crippen molar-refractivity contribution in [3.8, 4) is 0 Å². The van der Waals surface area contributed by atoms with Crippen LogP contribution >= 0.6 is 11.3 Å². The predicted octanol–water partition coefficient (Wildman–Crippen LogP) is 2.35. The van der Waals surface area contributed by atoms with Crippen LogP contribution in [0.25, 0.3) is 10.2 Å². The van der Waals surface area contributed by atoms with Gasteiger partial charge in [-0.25, -0.2) is 4.98 Å². The van der Waals surface area contributed by atoms with Crippen LogP contribution in [0.3, 0.4) is 0 Å². The molecule has 1 unspecified atom stereocenters. The first-order chi connectivity index (χ1) is 5.77. The summed E-state index contributed by atoms with van der Waals surface area (Å²) in [5.74, 6) is 0. The summed E-state index contributed by atoms with van der Waals surface area (Å²) in [7, 11) is 0. The van der Waals surface area contributed by atoms with Crippen molar-refractivity contribution in [2.24, 2.45) is 0 Å². The minimum atomic E-state index is -0.406. The highest BCUT2D eigenvalue weighted by atomic mass is 32.1. The fourth-order valence-electron chi connectivity index (χ4n) is 1.13. The number of aliphatic hydroxyl groups is 1. The fourth-order valence-corrected chi connectivity index (χ4v) is 1.79. The van der Waals surface area contributed by atoms with Crippen molar-refractivity contribution in [2.75, 3.05) is 0 Å². The summed E-state index contributed by atoms with van der Waals surface area (Å²) >= 11 is 1.61. The van der Waals surface area contributed by atoms with Gasteiger partial charge in [0.2, 0.25) is 0 Å². The molecule has 62 valence electrons. The van der Waals surface area contributed by atoms with Gasteiger partial charge in [0.1, 0.15) is 0 Å². The van der Waals surface area contributed by atoms with Crippen LogP contribution in [0.2, 0.25) is 0 Å². The van der Waals surface area contributed by atoms with E-state index in [0.29, 0.717) is 0 Å². The van der Waals surface area contributed by atoms with Crippen molar-refractivity contribution < 1.29 is 5.11 Å². The van der Waals surface area contributed by atoms with Crippen molar-refractivity contribution in [1.29, 1.82) is 0 Å². The molecule has 1 atom stereocenters. The molecule has 1 aromatic carbocycles. The Morgan fingerprint density at radius 1 is 1.50 bits per heavy atom. The fraction of sp³-hybridized carbons (Fsp3) is 0.222. The third-order valence-electron chi connectivity index (χ3n) is 1.84. The maximum Gasteiger partial charge on any atom is 0.0815 e. The zero-order chi connectivity index (χ0) is 8.55. The summed E-state index contributed by atoms with van der Waals surface area (Å²) in [6, 6.07) is 5.86. The molecule has 2 nitrogen and oxygen atoms in total. The SMILES string of the molecule is CC(O)c1ccc2scnc2c1. The minimum absolute atomic E-state index is 0.406. The van der Waals surface area contributed by atoms with Gasteiger partial charge in [0.05, 0.1) is 21.8 Å². The standard InChI is InChI=1S/C9H9NOS/c1-6(11)7-2-3-9-8(4-7)10-5-12-9/h2-6,11H,1H3. The second kappa shape index (κ2) is 2.84. The van der Waals surface area contributed by atoms with E-state index in [1.165, 1.54) is 4.70 Å². The molecule has 2 aromatic rings. The van der Waals surface area contributed by atoms with Crippen LogP contribution in [0.15, 0.2) is 23.7 Å². The molecule has 0 radical (unpaired) electrons. The Bertz CT molecular complexity index is 394. The maximum atomic E-state index is 9.30. The molecule has 0 aliphatic rings. The van der Waals surface area contributed by atoms with Crippen molar-refractivity contribution in [2.45, 2.75) is 13.0 Å². The Balaban J connectivity index is 2.60. The molecule has 0 saturated carbocycles. The first-order valence-corrected chi connectivity index (χ1v) is 4.66. The van der Waals surface area contributed by atoms with Gasteiger partial charge in [-0.3, -0.25) is 0 Å². The summed E-state index contributed by atoms with van der Waals surface area (Å²) in [6.07, 6.45) is -0.406. The van der Waals surface area contributed by atoms with Gasteiger partial charge in [-0.2, -0.15) is 0 Å². The van der Waals surface area contributed by atoms with Crippen molar-refractivity contribution in [3.63, 3.8) is 0 Å². The average Bonchev–Trinajstić information content (AvgIpc) is 2.49. The van der Waals surface area contributed by atoms with Gasteiger partial charge >= 0.3 is 0 Å². The first-order valence-electron chi connectivity index (χ1n) is 3.78. The van der Waals surface area contributed by atoms with Crippen molar-refractivity contribution in [1.82, 2.24) is 4.98 Å². The van der Waals surface area contributed by atoms with E-state index in [-0.39, 0.29) is 0 Å². The van der Waals surface area contributed by atoms with E-state index in [4.69, 9.17) is 0 Å². The summed E-state index contributed by atoms with van der Waals surface area (Å²) in [6.45, 7) is 1.76. The lowest BCUT2D eigenvalue weighted by atomic mass is 10.1. The quantitative estimate of drug-likeness (QED) is 0.729. The monoisotopic (exact) mass is 179 g/mol. The Morgan fingerprint density at radius 3 is 3.08 bits per heavy atom. The van der Waals surface area contributed by atoms with Crippen LogP contribution in [0, 0.1) is 0 Å². The second-order valence-electron chi connectivity index (χ2n) is 2.76. The molecule has 0 bridgehead atoms. The topological polar surface area (TPSA) is 33.1 Å². The van der Waals surface area contributed by atoms with E-state index in [1.807, 2.05) is 23.7 Å². The first kappa shape index (κ1) is 7.71. The zero-order valence-electron chi connectivity index (χ0n) is 6.69. The molecule has 0 fully saturated rings. The molecular weight excluding hydrogens is 170 g/mol. The smallest absolute Gasteiger partial charge is 0.0815 e. The average molecular weight is 179 g/mol. The van der Waals surface area contributed by atoms with Crippen molar-refractivity contribution >= 4 is 21.6 Å². The number of hydrogen-bond acceptors (Lipinski definition) is 3. The highest BCUT2D eigenvalue weighted by Gasteiger charge is 2.02. The van der Waals surface area contributed by atoms with Gasteiger partial charge in [0, 0.05) is 0 Å². The van der Waals surface area contributed by atoms with Gasteiger partial charge < -0.3 is 5.11 Å². The number of thiazole rings is 1. The lowest BCUT2D eigenvalue weighted by Gasteiger charge is -2.02. The van der Waals surface area contributed by atoms with Crippen LogP contribution in [-0.4, -0.2) is 10.1 Å². The molecular formula is C9H9NOS. The molecule has 0 spiro atoms. The van der Waals surface area contributed by atoms with E-state index >= 15 is 0 Å². The number of hydrogen-bond donors (Lipinski definition) is 1. The molecule has 1 heterocycles. The Kier molecular flexibility index (Phi) is 1.83. The largest absolute Gasteiger partial charge is 0.389 e. The molecule has 0 aliphatic heterocycles. The van der Waals surface area contributed by atoms with Crippen LogP contribution in [0.5, 0.6) is 0 Å². The Morgan fingerprint density at radius 2 is 2.33 bits per heavy atom. The summed E-state index contributed by atoms with van der Waals surface area (Å²) in [4.78, 5) is 4.17. The molecule has 0 saturated heterocycles. The lowest BCUT2D eigenvalue weighted by molar-refractivity contribution is 0.199. The van der Waals surface area contributed by atoms with Crippen LogP contribution < -0.4 is 0 Å². The molecule has 3 heteroatoms. The van der Waals surface area contributed by atoms with Crippen LogP contribution in [-0.2, 0) is 0 Å².